The van der Waals surface area contributed by atoms with Crippen molar-refractivity contribution < 1.29 is 13.2 Å². The zero-order valence-corrected chi connectivity index (χ0v) is 19.4. The number of nitrogens with zero attached hydrogens (tertiary/aromatic N) is 1. The molecule has 0 bridgehead atoms. The quantitative estimate of drug-likeness (QED) is 0.551. The second kappa shape index (κ2) is 9.35. The molecule has 1 aliphatic rings. The molecule has 0 aliphatic heterocycles. The third kappa shape index (κ3) is 4.81. The molecule has 166 valence electrons. The predicted molar refractivity (Wildman–Crippen MR) is 127 cm³/mol. The van der Waals surface area contributed by atoms with Gasteiger partial charge in [0.25, 0.3) is 10.0 Å². The van der Waals surface area contributed by atoms with Gasteiger partial charge < -0.3 is 5.32 Å². The lowest BCUT2D eigenvalue weighted by molar-refractivity contribution is -0.120. The van der Waals surface area contributed by atoms with E-state index in [-0.39, 0.29) is 23.4 Å². The van der Waals surface area contributed by atoms with E-state index in [0.29, 0.717) is 10.7 Å². The number of halogens is 1. The molecular weight excluding hydrogens is 444 g/mol. The van der Waals surface area contributed by atoms with Crippen molar-refractivity contribution in [2.75, 3.05) is 10.8 Å². The number of hydrogen-bond donors (Lipinski definition) is 1. The fraction of sp³-hybridized carbons (Fsp3) is 0.240. The third-order valence-corrected chi connectivity index (χ3v) is 7.72. The molecule has 3 aromatic carbocycles. The van der Waals surface area contributed by atoms with Crippen LogP contribution in [-0.2, 0) is 21.2 Å². The highest BCUT2D eigenvalue weighted by molar-refractivity contribution is 7.92. The molecule has 1 unspecified atom stereocenters. The third-order valence-electron chi connectivity index (χ3n) is 5.70. The largest absolute Gasteiger partial charge is 0.348 e. The van der Waals surface area contributed by atoms with Crippen LogP contribution in [0.5, 0.6) is 0 Å². The van der Waals surface area contributed by atoms with E-state index >= 15 is 0 Å². The van der Waals surface area contributed by atoms with E-state index < -0.39 is 10.0 Å². The van der Waals surface area contributed by atoms with Crippen LogP contribution in [-0.4, -0.2) is 20.9 Å². The molecule has 0 saturated heterocycles. The van der Waals surface area contributed by atoms with Crippen molar-refractivity contribution in [3.63, 3.8) is 0 Å². The summed E-state index contributed by atoms with van der Waals surface area (Å²) in [5, 5.41) is 3.44. The summed E-state index contributed by atoms with van der Waals surface area (Å²) >= 11 is 6.13. The molecule has 1 N–H and O–H groups in total. The van der Waals surface area contributed by atoms with Crippen molar-refractivity contribution in [3.8, 4) is 0 Å². The molecule has 0 saturated carbocycles. The van der Waals surface area contributed by atoms with Crippen molar-refractivity contribution in [2.45, 2.75) is 37.1 Å². The minimum atomic E-state index is -3.97. The number of carbonyl (C=O) groups is 1. The van der Waals surface area contributed by atoms with E-state index in [0.717, 1.165) is 34.7 Å². The highest BCUT2D eigenvalue weighted by atomic mass is 35.5. The summed E-state index contributed by atoms with van der Waals surface area (Å²) in [7, 11) is -3.97. The summed E-state index contributed by atoms with van der Waals surface area (Å²) in [6, 6.07) is 21.0. The summed E-state index contributed by atoms with van der Waals surface area (Å²) in [5.41, 5.74) is 3.62. The van der Waals surface area contributed by atoms with E-state index in [2.05, 4.69) is 11.4 Å². The maximum atomic E-state index is 13.5. The van der Waals surface area contributed by atoms with Gasteiger partial charge in [-0.25, -0.2) is 8.42 Å². The number of aryl methyl sites for hydroxylation is 2. The first-order chi connectivity index (χ1) is 15.3. The first-order valence-electron chi connectivity index (χ1n) is 10.6. The second-order valence-corrected chi connectivity index (χ2v) is 10.3. The number of amides is 1. The summed E-state index contributed by atoms with van der Waals surface area (Å²) in [6.07, 6.45) is 2.78. The number of carbonyl (C=O) groups excluding carboxylic acids is 1. The van der Waals surface area contributed by atoms with Crippen LogP contribution in [0.3, 0.4) is 0 Å². The lowest BCUT2D eigenvalue weighted by Crippen LogP contribution is -2.42. The van der Waals surface area contributed by atoms with Crippen LogP contribution < -0.4 is 9.62 Å². The number of hydrogen-bond acceptors (Lipinski definition) is 3. The van der Waals surface area contributed by atoms with Crippen molar-refractivity contribution in [2.24, 2.45) is 0 Å². The monoisotopic (exact) mass is 468 g/mol. The number of sulfonamides is 1. The van der Waals surface area contributed by atoms with Gasteiger partial charge in [-0.05, 0) is 67.6 Å². The average molecular weight is 469 g/mol. The molecule has 4 rings (SSSR count). The zero-order valence-electron chi connectivity index (χ0n) is 17.8. The van der Waals surface area contributed by atoms with E-state index in [1.54, 1.807) is 48.5 Å². The summed E-state index contributed by atoms with van der Waals surface area (Å²) in [6.45, 7) is 1.55. The van der Waals surface area contributed by atoms with Gasteiger partial charge in [-0.1, -0.05) is 59.6 Å². The Morgan fingerprint density at radius 3 is 2.56 bits per heavy atom. The van der Waals surface area contributed by atoms with Gasteiger partial charge in [-0.15, -0.1) is 0 Å². The Balaban J connectivity index is 1.63. The highest BCUT2D eigenvalue weighted by Crippen LogP contribution is 2.30. The number of benzene rings is 3. The van der Waals surface area contributed by atoms with Crippen molar-refractivity contribution in [1.82, 2.24) is 5.32 Å². The van der Waals surface area contributed by atoms with Crippen LogP contribution in [0.25, 0.3) is 0 Å². The van der Waals surface area contributed by atoms with Gasteiger partial charge in [0, 0.05) is 5.02 Å². The number of fused-ring (bicyclic) bond motifs is 1. The molecule has 0 heterocycles. The molecule has 3 aromatic rings. The molecule has 7 heteroatoms. The lowest BCUT2D eigenvalue weighted by Gasteiger charge is -2.29. The van der Waals surface area contributed by atoms with Gasteiger partial charge in [-0.3, -0.25) is 9.10 Å². The van der Waals surface area contributed by atoms with E-state index in [1.807, 2.05) is 25.1 Å². The number of anilines is 1. The first-order valence-corrected chi connectivity index (χ1v) is 12.4. The normalized spacial score (nSPS) is 15.6. The van der Waals surface area contributed by atoms with Crippen LogP contribution >= 0.6 is 11.6 Å². The summed E-state index contributed by atoms with van der Waals surface area (Å²) < 4.78 is 28.1. The number of nitrogens with one attached hydrogen (secondary N) is 1. The Labute approximate surface area is 194 Å². The minimum Gasteiger partial charge on any atom is -0.348 e. The van der Waals surface area contributed by atoms with Crippen LogP contribution in [0.2, 0.25) is 5.02 Å². The average Bonchev–Trinajstić information content (AvgIpc) is 2.78. The molecule has 32 heavy (non-hydrogen) atoms. The smallest absolute Gasteiger partial charge is 0.264 e. The van der Waals surface area contributed by atoms with Gasteiger partial charge in [0.1, 0.15) is 6.54 Å². The Morgan fingerprint density at radius 2 is 1.81 bits per heavy atom. The lowest BCUT2D eigenvalue weighted by atomic mass is 9.88. The SMILES string of the molecule is Cc1ccc(S(=O)(=O)N(CC(=O)NC2CCCc3ccccc32)c2cccc(Cl)c2)cc1. The molecule has 0 spiro atoms. The molecule has 1 aliphatic carbocycles. The van der Waals surface area contributed by atoms with Crippen molar-refractivity contribution >= 4 is 33.2 Å². The van der Waals surface area contributed by atoms with Crippen LogP contribution in [0, 0.1) is 6.92 Å². The Kier molecular flexibility index (Phi) is 6.53. The number of rotatable bonds is 6. The molecular formula is C25H25ClN2O3S. The first kappa shape index (κ1) is 22.4. The van der Waals surface area contributed by atoms with Gasteiger partial charge in [0.2, 0.25) is 5.91 Å². The zero-order chi connectivity index (χ0) is 22.7. The standard InChI is InChI=1S/C25H25ClN2O3S/c1-18-12-14-22(15-13-18)32(30,31)28(21-9-5-8-20(26)16-21)17-25(29)27-24-11-4-7-19-6-2-3-10-23(19)24/h2-3,5-6,8-10,12-16,24H,4,7,11,17H2,1H3,(H,27,29). The van der Waals surface area contributed by atoms with Gasteiger partial charge in [0.05, 0.1) is 16.6 Å². The Bertz CT molecular complexity index is 1230. The Morgan fingerprint density at radius 1 is 1.06 bits per heavy atom. The van der Waals surface area contributed by atoms with Crippen LogP contribution in [0.1, 0.15) is 35.6 Å². The predicted octanol–water partition coefficient (Wildman–Crippen LogP) is 5.04. The molecule has 1 atom stereocenters. The topological polar surface area (TPSA) is 66.5 Å². The van der Waals surface area contributed by atoms with E-state index in [9.17, 15) is 13.2 Å². The van der Waals surface area contributed by atoms with Crippen molar-refractivity contribution in [3.05, 3.63) is 94.5 Å². The van der Waals surface area contributed by atoms with E-state index in [1.165, 1.54) is 5.56 Å². The highest BCUT2D eigenvalue weighted by Gasteiger charge is 2.29. The molecule has 5 nitrogen and oxygen atoms in total. The summed E-state index contributed by atoms with van der Waals surface area (Å²) in [4.78, 5) is 13.2. The van der Waals surface area contributed by atoms with Crippen LogP contribution in [0.4, 0.5) is 5.69 Å². The second-order valence-electron chi connectivity index (χ2n) is 8.02. The summed E-state index contributed by atoms with van der Waals surface area (Å²) in [5.74, 6) is -0.359. The molecule has 0 fully saturated rings. The maximum absolute atomic E-state index is 13.5. The fourth-order valence-electron chi connectivity index (χ4n) is 4.06. The van der Waals surface area contributed by atoms with E-state index in [4.69, 9.17) is 11.6 Å². The molecule has 0 aromatic heterocycles. The fourth-order valence-corrected chi connectivity index (χ4v) is 5.66. The van der Waals surface area contributed by atoms with Crippen molar-refractivity contribution in [1.29, 1.82) is 0 Å². The minimum absolute atomic E-state index is 0.124. The maximum Gasteiger partial charge on any atom is 0.264 e. The van der Waals surface area contributed by atoms with Gasteiger partial charge >= 0.3 is 0 Å². The van der Waals surface area contributed by atoms with Gasteiger partial charge in [-0.2, -0.15) is 0 Å². The Hall–Kier alpha value is -2.83. The molecule has 1 amide bonds. The van der Waals surface area contributed by atoms with Crippen LogP contribution in [0.15, 0.2) is 77.7 Å². The molecule has 0 radical (unpaired) electrons. The van der Waals surface area contributed by atoms with Gasteiger partial charge in [0.15, 0.2) is 0 Å².